The number of hydrogen-bond donors (Lipinski definition) is 6. The zero-order chi connectivity index (χ0) is 96.1. The molecular weight excluding hydrogens is 1700 g/mol. The van der Waals surface area contributed by atoms with Gasteiger partial charge in [0.25, 0.3) is 0 Å². The van der Waals surface area contributed by atoms with Gasteiger partial charge in [-0.15, -0.1) is 0 Å². The van der Waals surface area contributed by atoms with Gasteiger partial charge in [-0.1, -0.05) is 261 Å². The lowest BCUT2D eigenvalue weighted by Crippen LogP contribution is -2.10. The van der Waals surface area contributed by atoms with Gasteiger partial charge in [-0.3, -0.25) is 30.6 Å². The van der Waals surface area contributed by atoms with E-state index in [1.54, 1.807) is 51.5 Å². The number of aryl methyl sites for hydroxylation is 3. The summed E-state index contributed by atoms with van der Waals surface area (Å²) in [4.78, 5) is 26.2. The number of rotatable bonds is 26. The van der Waals surface area contributed by atoms with Crippen molar-refractivity contribution in [2.75, 3.05) is 14.2 Å². The molecule has 0 saturated heterocycles. The first-order chi connectivity index (χ1) is 66.8. The van der Waals surface area contributed by atoms with Gasteiger partial charge in [0.15, 0.2) is 34.9 Å². The molecule has 5 saturated carbocycles. The van der Waals surface area contributed by atoms with E-state index in [-0.39, 0.29) is 5.41 Å². The number of benzene rings is 7. The summed E-state index contributed by atoms with van der Waals surface area (Å²) in [6.07, 6.45) is 39.9. The zero-order valence-corrected chi connectivity index (χ0v) is 79.6. The zero-order valence-electron chi connectivity index (χ0n) is 79.6. The Bertz CT molecular complexity index is 6500. The third-order valence-electron chi connectivity index (χ3n) is 25.1. The van der Waals surface area contributed by atoms with Crippen molar-refractivity contribution >= 4 is 72.2 Å². The van der Waals surface area contributed by atoms with Crippen molar-refractivity contribution in [3.63, 3.8) is 0 Å². The topological polar surface area (TPSA) is 407 Å². The van der Waals surface area contributed by atoms with Crippen LogP contribution in [0.4, 0.5) is 34.9 Å². The Hall–Kier alpha value is -15.6. The molecule has 0 unspecified atom stereocenters. The van der Waals surface area contributed by atoms with Gasteiger partial charge in [0.1, 0.15) is 81.3 Å². The summed E-state index contributed by atoms with van der Waals surface area (Å²) in [5.41, 5.74) is 20.9. The first-order valence-corrected chi connectivity index (χ1v) is 47.6. The van der Waals surface area contributed by atoms with E-state index in [2.05, 4.69) is 180 Å². The van der Waals surface area contributed by atoms with Gasteiger partial charge >= 0.3 is 0 Å². The fourth-order valence-electron chi connectivity index (χ4n) is 16.6. The second-order valence-electron chi connectivity index (χ2n) is 36.9. The van der Waals surface area contributed by atoms with E-state index in [9.17, 15) is 31.6 Å². The molecule has 0 bridgehead atoms. The number of H-pyrrole nitrogens is 6. The fourth-order valence-corrected chi connectivity index (χ4v) is 16.6. The molecule has 13 aromatic rings. The van der Waals surface area contributed by atoms with Gasteiger partial charge in [0.2, 0.25) is 0 Å². The van der Waals surface area contributed by atoms with Crippen LogP contribution in [0.5, 0.6) is 11.5 Å². The van der Waals surface area contributed by atoms with E-state index in [1.807, 2.05) is 166 Å². The lowest BCUT2D eigenvalue weighted by atomic mass is 9.85. The van der Waals surface area contributed by atoms with E-state index < -0.39 is 0 Å². The number of aliphatic imine (C=N–C) groups is 6. The molecule has 0 aliphatic heterocycles. The van der Waals surface area contributed by atoms with Gasteiger partial charge in [-0.2, -0.15) is 62.2 Å². The largest absolute Gasteiger partial charge is 0.497 e. The lowest BCUT2D eigenvalue weighted by Gasteiger charge is -2.20. The maximum Gasteiger partial charge on any atom is 0.191 e. The van der Waals surface area contributed by atoms with Crippen LogP contribution in [0.25, 0.3) is 0 Å². The van der Waals surface area contributed by atoms with Crippen molar-refractivity contribution < 1.29 is 9.47 Å². The molecule has 6 aromatic heterocycles. The van der Waals surface area contributed by atoms with Crippen LogP contribution < -0.4 is 9.47 Å². The van der Waals surface area contributed by atoms with Crippen LogP contribution in [0, 0.1) is 118 Å². The molecule has 6 heterocycles. The van der Waals surface area contributed by atoms with E-state index >= 15 is 0 Å². The van der Waals surface area contributed by atoms with Gasteiger partial charge in [0.05, 0.1) is 48.4 Å². The molecule has 18 rings (SSSR count). The lowest BCUT2D eigenvalue weighted by molar-refractivity contribution is 0.354. The monoisotopic (exact) mass is 1820 g/mol. The number of methoxy groups -OCH3 is 2. The highest BCUT2D eigenvalue weighted by molar-refractivity contribution is 5.86. The number of aromatic nitrogens is 12. The van der Waals surface area contributed by atoms with Gasteiger partial charge in [-0.05, 0) is 207 Å². The standard InChI is InChI=1S/C23H24N4.C19H22N4O.C19H22N4.C18H20N4.C16H16N4O.C16H16N4/c1-16-5-7-18(8-6-16)15-25-22-20(14-24)21(26-27-22)13-17-9-11-19(12-10-17)23(2,3)4;1-24-16-9-7-15(8-10-16)13-21-19-17(12-20)18(22-23-19)11-14-5-3-2-4-6-14;1-14-7-9-16(10-8-14)13-21-19-17(12-20)18(22-23-19)11-15-5-3-2-4-6-15;19-12-16-17(11-14-7-3-1-4-8-14)21-22-18(16)20-13-15-9-5-2-6-10-15;1-21-13-6-4-12(5-7-13)10-18-16-14(9-17)15(19-20-16)8-11-2-3-11;1-11-2-4-13(5-3-11)10-18-16-14(9-17)15(19-20-16)8-12-6-7-12/h5-12,15H,13H2,1-4H3,(H,26,27);7-10,13-14H,2-6,11H2,1H3,(H,22,23);7-10,13,15H,2-6,11H2,1H3,(H,22,23);2,5-6,9-10,13-14H,1,3-4,7-8,11H2,(H,21,22);4-7,10-11H,2-3,8H2,1H3,(H,19,20);2-5,10,12H,6-8H2,1H3,(H,19,20). The first-order valence-electron chi connectivity index (χ1n) is 47.6. The van der Waals surface area contributed by atoms with Crippen LogP contribution in [0.1, 0.15) is 272 Å². The summed E-state index contributed by atoms with van der Waals surface area (Å²) in [6, 6.07) is 71.2. The minimum atomic E-state index is 0.127. The van der Waals surface area contributed by atoms with E-state index in [4.69, 9.17) is 9.47 Å². The average molecular weight is 1820 g/mol. The molecule has 26 nitrogen and oxygen atoms in total. The molecule has 6 N–H and O–H groups in total. The minimum absolute atomic E-state index is 0.127. The molecule has 0 atom stereocenters. The summed E-state index contributed by atoms with van der Waals surface area (Å²) >= 11 is 0. The molecule has 26 heteroatoms. The number of nitriles is 6. The second-order valence-corrected chi connectivity index (χ2v) is 36.9. The predicted octanol–water partition coefficient (Wildman–Crippen LogP) is 24.3. The Morgan fingerprint density at radius 2 is 0.518 bits per heavy atom. The fraction of sp³-hybridized carbons (Fsp3) is 0.351. The molecule has 7 aromatic carbocycles. The molecular formula is C111H120N24O2. The van der Waals surface area contributed by atoms with Crippen molar-refractivity contribution in [2.24, 2.45) is 59.5 Å². The smallest absolute Gasteiger partial charge is 0.191 e. The van der Waals surface area contributed by atoms with E-state index in [1.165, 1.54) is 144 Å². The van der Waals surface area contributed by atoms with E-state index in [0.717, 1.165) is 123 Å². The molecule has 137 heavy (non-hydrogen) atoms. The second kappa shape index (κ2) is 50.5. The average Bonchev–Trinajstić information content (AvgIpc) is 1.71. The van der Waals surface area contributed by atoms with Crippen molar-refractivity contribution in [3.05, 3.63) is 305 Å². The Morgan fingerprint density at radius 3 is 0.752 bits per heavy atom. The third-order valence-corrected chi connectivity index (χ3v) is 25.1. The normalized spacial score (nSPS) is 14.6. The number of nitrogens with zero attached hydrogens (tertiary/aromatic N) is 18. The van der Waals surface area contributed by atoms with Gasteiger partial charge in [-0.25, -0.2) is 30.0 Å². The van der Waals surface area contributed by atoms with E-state index in [0.29, 0.717) is 98.4 Å². The summed E-state index contributed by atoms with van der Waals surface area (Å²) < 4.78 is 10.2. The van der Waals surface area contributed by atoms with Crippen molar-refractivity contribution in [2.45, 2.75) is 207 Å². The predicted molar refractivity (Wildman–Crippen MR) is 541 cm³/mol. The highest BCUT2D eigenvalue weighted by atomic mass is 16.5. The van der Waals surface area contributed by atoms with Crippen LogP contribution in [0.2, 0.25) is 0 Å². The molecule has 0 spiro atoms. The quantitative estimate of drug-likeness (QED) is 0.0275. The molecule has 696 valence electrons. The molecule has 5 aliphatic carbocycles. The number of hydrogen-bond acceptors (Lipinski definition) is 20. The molecule has 0 amide bonds. The SMILES string of the molecule is COc1ccc(C=Nc2n[nH]c(CC3CC3)c2C#N)cc1.COc1ccc(C=Nc2n[nH]c(CC3CCCCC3)c2C#N)cc1.Cc1ccc(C=Nc2n[nH]c(CC3CC3)c2C#N)cc1.Cc1ccc(C=Nc2n[nH]c(CC3CCCCC3)c2C#N)cc1.Cc1ccc(C=Nc2n[nH]c(Cc3ccc(C(C)(C)C)cc3)c2C#N)cc1.N#Cc1c(N=Cc2ccccc2)n[nH]c1CC1CCCCC1. The maximum atomic E-state index is 9.57. The van der Waals surface area contributed by atoms with Crippen LogP contribution in [0.3, 0.4) is 0 Å². The molecule has 5 fully saturated rings. The van der Waals surface area contributed by atoms with Crippen LogP contribution >= 0.6 is 0 Å². The molecule has 0 radical (unpaired) electrons. The van der Waals surface area contributed by atoms with Crippen molar-refractivity contribution in [1.29, 1.82) is 31.6 Å². The third kappa shape index (κ3) is 30.2. The van der Waals surface area contributed by atoms with Crippen LogP contribution in [0.15, 0.2) is 206 Å². The van der Waals surface area contributed by atoms with Crippen LogP contribution in [-0.4, -0.2) is 113 Å². The summed E-state index contributed by atoms with van der Waals surface area (Å²) in [5.74, 6) is 7.88. The highest BCUT2D eigenvalue weighted by Gasteiger charge is 2.28. The number of aromatic amines is 6. The Kier molecular flexibility index (Phi) is 36.4. The number of nitrogens with one attached hydrogen (secondary N) is 6. The Morgan fingerprint density at radius 1 is 0.292 bits per heavy atom. The van der Waals surface area contributed by atoms with Crippen molar-refractivity contribution in [3.8, 4) is 47.9 Å². The van der Waals surface area contributed by atoms with Gasteiger partial charge in [0, 0.05) is 43.7 Å². The van der Waals surface area contributed by atoms with Crippen molar-refractivity contribution in [1.82, 2.24) is 61.2 Å². The molecule has 5 aliphatic rings. The number of ether oxygens (including phenoxy) is 2. The van der Waals surface area contributed by atoms with Gasteiger partial charge < -0.3 is 9.47 Å². The highest BCUT2D eigenvalue weighted by Crippen LogP contribution is 2.38. The summed E-state index contributed by atoms with van der Waals surface area (Å²) in [6.45, 7) is 12.7. The summed E-state index contributed by atoms with van der Waals surface area (Å²) in [5, 5.41) is 99.7. The Balaban J connectivity index is 0.000000139. The van der Waals surface area contributed by atoms with Crippen LogP contribution in [-0.2, 0) is 43.9 Å². The maximum absolute atomic E-state index is 9.57. The Labute approximate surface area is 803 Å². The first kappa shape index (κ1) is 98.9. The minimum Gasteiger partial charge on any atom is -0.497 e. The summed E-state index contributed by atoms with van der Waals surface area (Å²) in [7, 11) is 3.27.